The molecule has 1 aromatic heterocycles. The van der Waals surface area contributed by atoms with Gasteiger partial charge >= 0.3 is 5.97 Å². The number of hydrogen-bond donors (Lipinski definition) is 0. The second-order valence-corrected chi connectivity index (χ2v) is 5.36. The van der Waals surface area contributed by atoms with Crippen LogP contribution in [0.3, 0.4) is 0 Å². The molecule has 0 radical (unpaired) electrons. The fraction of sp³-hybridized carbons (Fsp3) is 0.235. The van der Waals surface area contributed by atoms with E-state index >= 15 is 0 Å². The quantitative estimate of drug-likeness (QED) is 0.759. The number of methoxy groups -OCH3 is 1. The van der Waals surface area contributed by atoms with E-state index in [9.17, 15) is 22.8 Å². The van der Waals surface area contributed by atoms with Crippen LogP contribution in [-0.4, -0.2) is 49.6 Å². The minimum Gasteiger partial charge on any atom is -0.484 e. The first-order valence-electron chi connectivity index (χ1n) is 7.31. The molecule has 138 valence electrons. The van der Waals surface area contributed by atoms with Gasteiger partial charge in [0.2, 0.25) is 0 Å². The molecular formula is C17H15F3N2O4. The van der Waals surface area contributed by atoms with E-state index < -0.39 is 47.2 Å². The fourth-order valence-corrected chi connectivity index (χ4v) is 1.97. The Morgan fingerprint density at radius 2 is 1.69 bits per heavy atom. The van der Waals surface area contributed by atoms with Gasteiger partial charge in [-0.2, -0.15) is 0 Å². The Kier molecular flexibility index (Phi) is 5.81. The standard InChI is InChI=1S/C17H15F3N2O4/c1-22(2)14(23)8-26-9-6-11(19)15(12(20)7-9)16-10(18)4-5-13(21-16)17(24)25-3/h4-7H,8H2,1-3H3. The van der Waals surface area contributed by atoms with Crippen LogP contribution in [0, 0.1) is 17.5 Å². The number of aromatic nitrogens is 1. The first kappa shape index (κ1) is 19.2. The van der Waals surface area contributed by atoms with Crippen molar-refractivity contribution in [2.45, 2.75) is 0 Å². The van der Waals surface area contributed by atoms with Crippen molar-refractivity contribution >= 4 is 11.9 Å². The maximum atomic E-state index is 14.3. The molecule has 0 aliphatic carbocycles. The Hall–Kier alpha value is -3.10. The molecule has 1 aromatic carbocycles. The van der Waals surface area contributed by atoms with Crippen molar-refractivity contribution in [3.05, 3.63) is 47.4 Å². The summed E-state index contributed by atoms with van der Waals surface area (Å²) >= 11 is 0. The van der Waals surface area contributed by atoms with Crippen LogP contribution in [0.5, 0.6) is 5.75 Å². The van der Waals surface area contributed by atoms with E-state index in [0.717, 1.165) is 31.4 Å². The number of halogens is 3. The maximum Gasteiger partial charge on any atom is 0.356 e. The van der Waals surface area contributed by atoms with Crippen LogP contribution in [0.15, 0.2) is 24.3 Å². The molecule has 0 unspecified atom stereocenters. The molecule has 2 rings (SSSR count). The maximum absolute atomic E-state index is 14.3. The van der Waals surface area contributed by atoms with Gasteiger partial charge in [-0.25, -0.2) is 22.9 Å². The Labute approximate surface area is 147 Å². The molecule has 1 amide bonds. The molecular weight excluding hydrogens is 353 g/mol. The third-order valence-corrected chi connectivity index (χ3v) is 3.35. The number of ether oxygens (including phenoxy) is 2. The fourth-order valence-electron chi connectivity index (χ4n) is 1.97. The number of pyridine rings is 1. The zero-order valence-electron chi connectivity index (χ0n) is 14.2. The summed E-state index contributed by atoms with van der Waals surface area (Å²) in [6.07, 6.45) is 0. The Balaban J connectivity index is 2.39. The number of hydrogen-bond acceptors (Lipinski definition) is 5. The lowest BCUT2D eigenvalue weighted by Crippen LogP contribution is -2.27. The zero-order chi connectivity index (χ0) is 19.4. The van der Waals surface area contributed by atoms with Gasteiger partial charge in [0.1, 0.15) is 34.6 Å². The van der Waals surface area contributed by atoms with Crippen LogP contribution in [-0.2, 0) is 9.53 Å². The van der Waals surface area contributed by atoms with E-state index in [1.807, 2.05) is 0 Å². The van der Waals surface area contributed by atoms with Crippen LogP contribution in [0.4, 0.5) is 13.2 Å². The second-order valence-electron chi connectivity index (χ2n) is 5.36. The van der Waals surface area contributed by atoms with Crippen LogP contribution in [0.25, 0.3) is 11.3 Å². The summed E-state index contributed by atoms with van der Waals surface area (Å²) in [6.45, 7) is -0.421. The van der Waals surface area contributed by atoms with Gasteiger partial charge in [-0.3, -0.25) is 4.79 Å². The predicted octanol–water partition coefficient (Wildman–Crippen LogP) is 2.42. The van der Waals surface area contributed by atoms with Gasteiger partial charge in [0.15, 0.2) is 6.61 Å². The molecule has 0 spiro atoms. The Morgan fingerprint density at radius 1 is 1.08 bits per heavy atom. The smallest absolute Gasteiger partial charge is 0.356 e. The van der Waals surface area contributed by atoms with Crippen LogP contribution < -0.4 is 4.74 Å². The summed E-state index contributed by atoms with van der Waals surface area (Å²) in [6, 6.07) is 3.49. The van der Waals surface area contributed by atoms with Gasteiger partial charge in [0.05, 0.1) is 12.7 Å². The lowest BCUT2D eigenvalue weighted by Gasteiger charge is -2.13. The van der Waals surface area contributed by atoms with Crippen molar-refractivity contribution in [3.63, 3.8) is 0 Å². The van der Waals surface area contributed by atoms with Gasteiger partial charge in [0.25, 0.3) is 5.91 Å². The lowest BCUT2D eigenvalue weighted by molar-refractivity contribution is -0.130. The predicted molar refractivity (Wildman–Crippen MR) is 85.1 cm³/mol. The first-order chi connectivity index (χ1) is 12.2. The number of benzene rings is 1. The van der Waals surface area contributed by atoms with Crippen molar-refractivity contribution in [1.82, 2.24) is 9.88 Å². The molecule has 2 aromatic rings. The molecule has 0 N–H and O–H groups in total. The monoisotopic (exact) mass is 368 g/mol. The van der Waals surface area contributed by atoms with Gasteiger partial charge < -0.3 is 14.4 Å². The molecule has 26 heavy (non-hydrogen) atoms. The summed E-state index contributed by atoms with van der Waals surface area (Å²) in [4.78, 5) is 27.8. The summed E-state index contributed by atoms with van der Waals surface area (Å²) in [5.41, 5.74) is -1.75. The molecule has 0 fully saturated rings. The number of rotatable bonds is 5. The number of carbonyl (C=O) groups excluding carboxylic acids is 2. The normalized spacial score (nSPS) is 10.4. The van der Waals surface area contributed by atoms with Crippen LogP contribution >= 0.6 is 0 Å². The number of likely N-dealkylation sites (N-methyl/N-ethyl adjacent to an activating group) is 1. The summed E-state index contributed by atoms with van der Waals surface area (Å²) in [5, 5.41) is 0. The van der Waals surface area contributed by atoms with E-state index in [2.05, 4.69) is 9.72 Å². The highest BCUT2D eigenvalue weighted by molar-refractivity contribution is 5.88. The highest BCUT2D eigenvalue weighted by Crippen LogP contribution is 2.30. The van der Waals surface area contributed by atoms with Crippen molar-refractivity contribution < 1.29 is 32.2 Å². The van der Waals surface area contributed by atoms with Crippen molar-refractivity contribution in [1.29, 1.82) is 0 Å². The highest BCUT2D eigenvalue weighted by atomic mass is 19.1. The molecule has 6 nitrogen and oxygen atoms in total. The summed E-state index contributed by atoms with van der Waals surface area (Å²) in [7, 11) is 4.09. The first-order valence-corrected chi connectivity index (χ1v) is 7.31. The van der Waals surface area contributed by atoms with E-state index in [4.69, 9.17) is 4.74 Å². The number of carbonyl (C=O) groups is 2. The van der Waals surface area contributed by atoms with Crippen molar-refractivity contribution in [2.24, 2.45) is 0 Å². The van der Waals surface area contributed by atoms with Gasteiger partial charge in [-0.15, -0.1) is 0 Å². The van der Waals surface area contributed by atoms with Crippen molar-refractivity contribution in [3.8, 4) is 17.0 Å². The third-order valence-electron chi connectivity index (χ3n) is 3.35. The molecule has 0 aliphatic heterocycles. The van der Waals surface area contributed by atoms with Crippen LogP contribution in [0.1, 0.15) is 10.5 Å². The van der Waals surface area contributed by atoms with Crippen molar-refractivity contribution in [2.75, 3.05) is 27.8 Å². The van der Waals surface area contributed by atoms with Gasteiger partial charge in [0, 0.05) is 26.2 Å². The molecule has 0 saturated carbocycles. The minimum atomic E-state index is -1.16. The zero-order valence-corrected chi connectivity index (χ0v) is 14.2. The topological polar surface area (TPSA) is 68.7 Å². The largest absolute Gasteiger partial charge is 0.484 e. The third kappa shape index (κ3) is 4.11. The van der Waals surface area contributed by atoms with Gasteiger partial charge in [-0.05, 0) is 12.1 Å². The number of nitrogens with zero attached hydrogens (tertiary/aromatic N) is 2. The molecule has 0 bridgehead atoms. The number of esters is 1. The molecule has 9 heteroatoms. The molecule has 0 atom stereocenters. The average molecular weight is 368 g/mol. The van der Waals surface area contributed by atoms with Gasteiger partial charge in [-0.1, -0.05) is 0 Å². The van der Waals surface area contributed by atoms with Crippen LogP contribution in [0.2, 0.25) is 0 Å². The Morgan fingerprint density at radius 3 is 2.23 bits per heavy atom. The Bertz CT molecular complexity index is 833. The molecule has 0 aliphatic rings. The summed E-state index contributed by atoms with van der Waals surface area (Å²) in [5.74, 6) is -4.88. The minimum absolute atomic E-state index is 0.247. The van der Waals surface area contributed by atoms with E-state index in [-0.39, 0.29) is 11.4 Å². The van der Waals surface area contributed by atoms with E-state index in [0.29, 0.717) is 0 Å². The van der Waals surface area contributed by atoms with E-state index in [1.165, 1.54) is 19.0 Å². The summed E-state index contributed by atoms with van der Waals surface area (Å²) < 4.78 is 52.2. The molecule has 1 heterocycles. The lowest BCUT2D eigenvalue weighted by atomic mass is 10.1. The average Bonchev–Trinajstić information content (AvgIpc) is 2.59. The van der Waals surface area contributed by atoms with E-state index in [1.54, 1.807) is 0 Å². The second kappa shape index (κ2) is 7.85. The highest BCUT2D eigenvalue weighted by Gasteiger charge is 2.21. The number of amides is 1. The molecule has 0 saturated heterocycles. The SMILES string of the molecule is COC(=O)c1ccc(F)c(-c2c(F)cc(OCC(=O)N(C)C)cc2F)n1.